The van der Waals surface area contributed by atoms with E-state index in [0.29, 0.717) is 37.4 Å². The van der Waals surface area contributed by atoms with E-state index in [1.807, 2.05) is 4.90 Å². The number of rotatable bonds is 5. The van der Waals surface area contributed by atoms with Crippen LogP contribution in [0.15, 0.2) is 18.2 Å². The molecule has 2 rings (SSSR count). The van der Waals surface area contributed by atoms with E-state index in [4.69, 9.17) is 10.5 Å². The third-order valence-corrected chi connectivity index (χ3v) is 3.70. The molecule has 1 heterocycles. The first kappa shape index (κ1) is 15.3. The zero-order valence-electron chi connectivity index (χ0n) is 11.4. The molecule has 0 bridgehead atoms. The summed E-state index contributed by atoms with van der Waals surface area (Å²) in [4.78, 5) is 2.00. The summed E-state index contributed by atoms with van der Waals surface area (Å²) in [6.45, 7) is 1.90. The molecule has 0 amide bonds. The first-order chi connectivity index (χ1) is 9.49. The van der Waals surface area contributed by atoms with Gasteiger partial charge in [-0.1, -0.05) is 12.1 Å². The van der Waals surface area contributed by atoms with Crippen molar-refractivity contribution in [2.75, 3.05) is 26.8 Å². The molecule has 0 fully saturated rings. The standard InChI is InChI=1S/C14H19F3N2O/c1-20-7-3-6-19-9-11-10(13(19)8-18)4-2-5-12(11)14(15,16)17/h2,4-5,13H,3,6-9,18H2,1H3. The number of halogens is 3. The van der Waals surface area contributed by atoms with Gasteiger partial charge in [0, 0.05) is 39.4 Å². The maximum Gasteiger partial charge on any atom is 0.416 e. The molecule has 20 heavy (non-hydrogen) atoms. The molecule has 3 nitrogen and oxygen atoms in total. The smallest absolute Gasteiger partial charge is 0.385 e. The normalized spacial score (nSPS) is 19.4. The molecule has 0 aliphatic carbocycles. The first-order valence-electron chi connectivity index (χ1n) is 6.61. The average Bonchev–Trinajstić information content (AvgIpc) is 2.75. The van der Waals surface area contributed by atoms with Crippen LogP contribution in [0.2, 0.25) is 0 Å². The molecule has 1 aliphatic heterocycles. The molecule has 1 atom stereocenters. The molecule has 0 saturated carbocycles. The number of fused-ring (bicyclic) bond motifs is 1. The Morgan fingerprint density at radius 1 is 1.40 bits per heavy atom. The van der Waals surface area contributed by atoms with E-state index in [2.05, 4.69) is 0 Å². The number of nitrogens with zero attached hydrogens (tertiary/aromatic N) is 1. The number of alkyl halides is 3. The van der Waals surface area contributed by atoms with Crippen molar-refractivity contribution < 1.29 is 17.9 Å². The van der Waals surface area contributed by atoms with Crippen molar-refractivity contribution in [3.8, 4) is 0 Å². The minimum atomic E-state index is -4.31. The summed E-state index contributed by atoms with van der Waals surface area (Å²) in [5.74, 6) is 0. The van der Waals surface area contributed by atoms with Crippen LogP contribution in [-0.4, -0.2) is 31.7 Å². The molecule has 2 N–H and O–H groups in total. The highest BCUT2D eigenvalue weighted by Gasteiger charge is 2.39. The molecule has 0 radical (unpaired) electrons. The molecule has 6 heteroatoms. The Labute approximate surface area is 116 Å². The van der Waals surface area contributed by atoms with Gasteiger partial charge in [-0.2, -0.15) is 13.2 Å². The van der Waals surface area contributed by atoms with Gasteiger partial charge in [0.15, 0.2) is 0 Å². The van der Waals surface area contributed by atoms with Gasteiger partial charge in [0.05, 0.1) is 5.56 Å². The van der Waals surface area contributed by atoms with E-state index in [-0.39, 0.29) is 6.04 Å². The van der Waals surface area contributed by atoms with Gasteiger partial charge in [0.2, 0.25) is 0 Å². The van der Waals surface area contributed by atoms with Gasteiger partial charge < -0.3 is 10.5 Å². The van der Waals surface area contributed by atoms with Crippen molar-refractivity contribution in [1.29, 1.82) is 0 Å². The fourth-order valence-electron chi connectivity index (χ4n) is 2.79. The Morgan fingerprint density at radius 3 is 2.75 bits per heavy atom. The quantitative estimate of drug-likeness (QED) is 0.846. The Bertz CT molecular complexity index is 462. The monoisotopic (exact) mass is 288 g/mol. The van der Waals surface area contributed by atoms with E-state index < -0.39 is 11.7 Å². The second-order valence-electron chi connectivity index (χ2n) is 4.94. The Morgan fingerprint density at radius 2 is 2.15 bits per heavy atom. The van der Waals surface area contributed by atoms with Crippen LogP contribution in [0.3, 0.4) is 0 Å². The summed E-state index contributed by atoms with van der Waals surface area (Å²) in [7, 11) is 1.61. The maximum atomic E-state index is 13.0. The highest BCUT2D eigenvalue weighted by Crippen LogP contribution is 2.41. The minimum absolute atomic E-state index is 0.135. The lowest BCUT2D eigenvalue weighted by atomic mass is 9.99. The predicted octanol–water partition coefficient (Wildman–Crippen LogP) is 2.56. The zero-order valence-corrected chi connectivity index (χ0v) is 11.4. The number of hydrogen-bond acceptors (Lipinski definition) is 3. The van der Waals surface area contributed by atoms with E-state index >= 15 is 0 Å². The van der Waals surface area contributed by atoms with Gasteiger partial charge in [0.1, 0.15) is 0 Å². The van der Waals surface area contributed by atoms with Crippen LogP contribution in [-0.2, 0) is 17.5 Å². The molecule has 1 aromatic carbocycles. The van der Waals surface area contributed by atoms with E-state index in [1.165, 1.54) is 6.07 Å². The van der Waals surface area contributed by atoms with Crippen molar-refractivity contribution in [1.82, 2.24) is 4.90 Å². The van der Waals surface area contributed by atoms with Gasteiger partial charge >= 0.3 is 6.18 Å². The second-order valence-corrected chi connectivity index (χ2v) is 4.94. The number of hydrogen-bond donors (Lipinski definition) is 1. The predicted molar refractivity (Wildman–Crippen MR) is 70.1 cm³/mol. The van der Waals surface area contributed by atoms with Crippen LogP contribution in [0.5, 0.6) is 0 Å². The summed E-state index contributed by atoms with van der Waals surface area (Å²) in [6, 6.07) is 4.22. The molecule has 1 aromatic rings. The fourth-order valence-corrected chi connectivity index (χ4v) is 2.79. The molecule has 0 spiro atoms. The van der Waals surface area contributed by atoms with Crippen molar-refractivity contribution in [2.45, 2.75) is 25.2 Å². The molecule has 0 saturated heterocycles. The average molecular weight is 288 g/mol. The Kier molecular flexibility index (Phi) is 4.67. The SMILES string of the molecule is COCCCN1Cc2c(cccc2C(F)(F)F)C1CN. The van der Waals surface area contributed by atoms with Gasteiger partial charge in [-0.05, 0) is 23.6 Å². The number of methoxy groups -OCH3 is 1. The van der Waals surface area contributed by atoms with Gasteiger partial charge in [0.25, 0.3) is 0 Å². The van der Waals surface area contributed by atoms with Crippen molar-refractivity contribution >= 4 is 0 Å². The summed E-state index contributed by atoms with van der Waals surface area (Å²) >= 11 is 0. The number of ether oxygens (including phenoxy) is 1. The lowest BCUT2D eigenvalue weighted by molar-refractivity contribution is -0.138. The van der Waals surface area contributed by atoms with E-state index in [9.17, 15) is 13.2 Å². The summed E-state index contributed by atoms with van der Waals surface area (Å²) < 4.78 is 44.1. The topological polar surface area (TPSA) is 38.5 Å². The number of benzene rings is 1. The van der Waals surface area contributed by atoms with Crippen LogP contribution in [0.1, 0.15) is 29.2 Å². The molecule has 112 valence electrons. The maximum absolute atomic E-state index is 13.0. The lowest BCUT2D eigenvalue weighted by Gasteiger charge is -2.23. The van der Waals surface area contributed by atoms with Crippen molar-refractivity contribution in [2.24, 2.45) is 5.73 Å². The summed E-state index contributed by atoms with van der Waals surface area (Å²) in [5.41, 5.74) is 6.29. The van der Waals surface area contributed by atoms with Crippen LogP contribution in [0.4, 0.5) is 13.2 Å². The third-order valence-electron chi connectivity index (χ3n) is 3.70. The zero-order chi connectivity index (χ0) is 14.8. The highest BCUT2D eigenvalue weighted by molar-refractivity contribution is 5.42. The highest BCUT2D eigenvalue weighted by atomic mass is 19.4. The third kappa shape index (κ3) is 2.97. The summed E-state index contributed by atoms with van der Waals surface area (Å²) in [6.07, 6.45) is -3.53. The van der Waals surface area contributed by atoms with Crippen LogP contribution in [0.25, 0.3) is 0 Å². The Balaban J connectivity index is 2.25. The van der Waals surface area contributed by atoms with Crippen molar-refractivity contribution in [3.63, 3.8) is 0 Å². The molecule has 0 aromatic heterocycles. The largest absolute Gasteiger partial charge is 0.416 e. The number of nitrogens with two attached hydrogens (primary N) is 1. The minimum Gasteiger partial charge on any atom is -0.385 e. The van der Waals surface area contributed by atoms with Crippen molar-refractivity contribution in [3.05, 3.63) is 34.9 Å². The van der Waals surface area contributed by atoms with Crippen LogP contribution >= 0.6 is 0 Å². The van der Waals surface area contributed by atoms with Gasteiger partial charge in [-0.25, -0.2) is 0 Å². The molecular weight excluding hydrogens is 269 g/mol. The van der Waals surface area contributed by atoms with Gasteiger partial charge in [-0.3, -0.25) is 4.90 Å². The van der Waals surface area contributed by atoms with E-state index in [1.54, 1.807) is 13.2 Å². The Hall–Kier alpha value is -1.11. The van der Waals surface area contributed by atoms with Crippen LogP contribution in [0, 0.1) is 0 Å². The first-order valence-corrected chi connectivity index (χ1v) is 6.61. The van der Waals surface area contributed by atoms with Gasteiger partial charge in [-0.15, -0.1) is 0 Å². The van der Waals surface area contributed by atoms with E-state index in [0.717, 1.165) is 12.5 Å². The molecular formula is C14H19F3N2O. The fraction of sp³-hybridized carbons (Fsp3) is 0.571. The molecule has 1 aliphatic rings. The van der Waals surface area contributed by atoms with Crippen LogP contribution < -0.4 is 5.73 Å². The molecule has 1 unspecified atom stereocenters. The second kappa shape index (κ2) is 6.11. The lowest BCUT2D eigenvalue weighted by Crippen LogP contribution is -2.29. The summed E-state index contributed by atoms with van der Waals surface area (Å²) in [5, 5.41) is 0.